The summed E-state index contributed by atoms with van der Waals surface area (Å²) in [5.41, 5.74) is 1.80. The predicted molar refractivity (Wildman–Crippen MR) is 98.5 cm³/mol. The van der Waals surface area contributed by atoms with Crippen molar-refractivity contribution in [2.45, 2.75) is 26.9 Å². The molecule has 0 spiro atoms. The number of aliphatic imine (C=N–C) groups is 1. The molecule has 7 heteroatoms. The minimum atomic E-state index is -0.640. The van der Waals surface area contributed by atoms with Crippen molar-refractivity contribution in [3.63, 3.8) is 0 Å². The van der Waals surface area contributed by atoms with Crippen LogP contribution in [0.4, 0.5) is 14.5 Å². The van der Waals surface area contributed by atoms with Crippen molar-refractivity contribution in [2.75, 3.05) is 13.6 Å². The number of halogens is 3. The van der Waals surface area contributed by atoms with E-state index in [0.717, 1.165) is 12.6 Å². The van der Waals surface area contributed by atoms with Crippen molar-refractivity contribution in [1.29, 1.82) is 0 Å². The van der Waals surface area contributed by atoms with Gasteiger partial charge in [-0.15, -0.1) is 0 Å². The highest BCUT2D eigenvalue weighted by Crippen LogP contribution is 2.32. The molecule has 0 fully saturated rings. The molecule has 2 rings (SSSR count). The van der Waals surface area contributed by atoms with E-state index in [1.165, 1.54) is 12.1 Å². The second kappa shape index (κ2) is 8.38. The topological polar surface area (TPSA) is 37.7 Å². The van der Waals surface area contributed by atoms with E-state index in [4.69, 9.17) is 4.74 Å². The first-order chi connectivity index (χ1) is 11.8. The molecule has 0 N–H and O–H groups in total. The van der Waals surface area contributed by atoms with E-state index in [2.05, 4.69) is 25.9 Å². The molecule has 134 valence electrons. The van der Waals surface area contributed by atoms with Gasteiger partial charge in [0.2, 0.25) is 5.88 Å². The Hall–Kier alpha value is -2.02. The Morgan fingerprint density at radius 1 is 1.28 bits per heavy atom. The molecule has 0 bridgehead atoms. The zero-order valence-corrected chi connectivity index (χ0v) is 16.1. The van der Waals surface area contributed by atoms with Crippen LogP contribution in [0.1, 0.15) is 31.2 Å². The normalized spacial score (nSPS) is 12.4. The van der Waals surface area contributed by atoms with Gasteiger partial charge in [-0.25, -0.2) is 18.8 Å². The molecule has 0 saturated heterocycles. The van der Waals surface area contributed by atoms with Gasteiger partial charge in [0.25, 0.3) is 0 Å². The number of nitrogens with zero attached hydrogens (tertiary/aromatic N) is 3. The largest absolute Gasteiger partial charge is 0.469 e. The van der Waals surface area contributed by atoms with Crippen LogP contribution in [0.5, 0.6) is 5.88 Å². The summed E-state index contributed by atoms with van der Waals surface area (Å²) >= 11 is 3.41. The van der Waals surface area contributed by atoms with E-state index in [-0.39, 0.29) is 0 Å². The second-order valence-electron chi connectivity index (χ2n) is 5.66. The van der Waals surface area contributed by atoms with Gasteiger partial charge in [0.1, 0.15) is 17.7 Å². The summed E-state index contributed by atoms with van der Waals surface area (Å²) in [6, 6.07) is 5.12. The number of benzene rings is 1. The van der Waals surface area contributed by atoms with Gasteiger partial charge >= 0.3 is 0 Å². The number of hydrogen-bond acceptors (Lipinski definition) is 3. The zero-order valence-electron chi connectivity index (χ0n) is 14.6. The Kier molecular flexibility index (Phi) is 6.47. The molecule has 25 heavy (non-hydrogen) atoms. The van der Waals surface area contributed by atoms with Crippen LogP contribution in [-0.2, 0) is 0 Å². The first kappa shape index (κ1) is 19.3. The zero-order chi connectivity index (χ0) is 18.6. The molecule has 0 saturated carbocycles. The van der Waals surface area contributed by atoms with Crippen LogP contribution < -0.4 is 4.74 Å². The Morgan fingerprint density at radius 3 is 2.52 bits per heavy atom. The molecule has 4 nitrogen and oxygen atoms in total. The molecule has 0 amide bonds. The molecular weight excluding hydrogens is 392 g/mol. The molecule has 1 aromatic carbocycles. The Balaban J connectivity index is 2.22. The summed E-state index contributed by atoms with van der Waals surface area (Å²) in [5.74, 6) is -0.936. The van der Waals surface area contributed by atoms with Gasteiger partial charge in [-0.1, -0.05) is 0 Å². The average molecular weight is 412 g/mol. The lowest BCUT2D eigenvalue weighted by Crippen LogP contribution is -2.14. The van der Waals surface area contributed by atoms with Crippen LogP contribution in [0.15, 0.2) is 33.7 Å². The molecule has 0 aliphatic rings. The maximum absolute atomic E-state index is 13.4. The van der Waals surface area contributed by atoms with Gasteiger partial charge in [-0.2, -0.15) is 0 Å². The van der Waals surface area contributed by atoms with Crippen LogP contribution in [0, 0.1) is 18.6 Å². The molecule has 1 heterocycles. The van der Waals surface area contributed by atoms with E-state index in [1.807, 2.05) is 25.8 Å². The van der Waals surface area contributed by atoms with Crippen molar-refractivity contribution in [3.8, 4) is 5.88 Å². The maximum atomic E-state index is 13.4. The summed E-state index contributed by atoms with van der Waals surface area (Å²) in [7, 11) is 1.93. The van der Waals surface area contributed by atoms with Crippen molar-refractivity contribution in [2.24, 2.45) is 4.99 Å². The SMILES string of the molecule is CCN(C)/C=N\c1cc(Br)c(O[C@@H](C)c2cc(F)cc(F)c2)nc1C. The van der Waals surface area contributed by atoms with Crippen molar-refractivity contribution < 1.29 is 13.5 Å². The van der Waals surface area contributed by atoms with E-state index in [9.17, 15) is 8.78 Å². The van der Waals surface area contributed by atoms with Crippen molar-refractivity contribution in [1.82, 2.24) is 9.88 Å². The first-order valence-electron chi connectivity index (χ1n) is 7.84. The van der Waals surface area contributed by atoms with E-state index in [1.54, 1.807) is 19.3 Å². The fourth-order valence-electron chi connectivity index (χ4n) is 2.05. The third kappa shape index (κ3) is 5.22. The lowest BCUT2D eigenvalue weighted by Gasteiger charge is -2.16. The van der Waals surface area contributed by atoms with Gasteiger partial charge < -0.3 is 9.64 Å². The average Bonchev–Trinajstić information content (AvgIpc) is 2.55. The van der Waals surface area contributed by atoms with Gasteiger partial charge in [0.05, 0.1) is 22.2 Å². The van der Waals surface area contributed by atoms with E-state index >= 15 is 0 Å². The predicted octanol–water partition coefficient (Wildman–Crippen LogP) is 5.18. The molecule has 1 aromatic heterocycles. The number of pyridine rings is 1. The number of rotatable bonds is 6. The second-order valence-corrected chi connectivity index (χ2v) is 6.51. The molecule has 0 radical (unpaired) electrons. The van der Waals surface area contributed by atoms with Crippen LogP contribution >= 0.6 is 15.9 Å². The number of aromatic nitrogens is 1. The highest BCUT2D eigenvalue weighted by atomic mass is 79.9. The minimum absolute atomic E-state index is 0.345. The summed E-state index contributed by atoms with van der Waals surface area (Å²) < 4.78 is 33.1. The standard InChI is InChI=1S/C18H20BrF2N3O/c1-5-24(4)10-22-17-9-16(19)18(23-11(17)2)25-12(3)13-6-14(20)8-15(21)7-13/h6-10,12H,5H2,1-4H3/b22-10-/t12-/m0/s1. The van der Waals surface area contributed by atoms with Crippen LogP contribution in [0.25, 0.3) is 0 Å². The maximum Gasteiger partial charge on any atom is 0.228 e. The minimum Gasteiger partial charge on any atom is -0.469 e. The molecule has 0 aliphatic carbocycles. The molecule has 2 aromatic rings. The highest BCUT2D eigenvalue weighted by Gasteiger charge is 2.15. The van der Waals surface area contributed by atoms with Crippen molar-refractivity contribution in [3.05, 3.63) is 51.6 Å². The third-order valence-electron chi connectivity index (χ3n) is 3.64. The lowest BCUT2D eigenvalue weighted by atomic mass is 10.1. The van der Waals surface area contributed by atoms with Crippen LogP contribution in [0.2, 0.25) is 0 Å². The van der Waals surface area contributed by atoms with Gasteiger partial charge in [-0.05, 0) is 60.5 Å². The van der Waals surface area contributed by atoms with Crippen LogP contribution in [-0.4, -0.2) is 29.8 Å². The first-order valence-corrected chi connectivity index (χ1v) is 8.63. The Labute approximate surface area is 154 Å². The summed E-state index contributed by atoms with van der Waals surface area (Å²) in [6.07, 6.45) is 1.17. The quantitative estimate of drug-likeness (QED) is 0.485. The monoisotopic (exact) mass is 411 g/mol. The fourth-order valence-corrected chi connectivity index (χ4v) is 2.45. The highest BCUT2D eigenvalue weighted by molar-refractivity contribution is 9.10. The molecular formula is C18H20BrF2N3O. The van der Waals surface area contributed by atoms with Gasteiger partial charge in [0, 0.05) is 19.7 Å². The summed E-state index contributed by atoms with van der Waals surface area (Å²) in [6.45, 7) is 6.41. The molecule has 1 atom stereocenters. The summed E-state index contributed by atoms with van der Waals surface area (Å²) in [4.78, 5) is 10.7. The van der Waals surface area contributed by atoms with Gasteiger partial charge in [-0.3, -0.25) is 0 Å². The Bertz CT molecular complexity index is 763. The van der Waals surface area contributed by atoms with Crippen LogP contribution in [0.3, 0.4) is 0 Å². The van der Waals surface area contributed by atoms with Crippen molar-refractivity contribution >= 4 is 28.0 Å². The molecule has 0 unspecified atom stereocenters. The third-order valence-corrected chi connectivity index (χ3v) is 4.21. The van der Waals surface area contributed by atoms with Gasteiger partial charge in [0.15, 0.2) is 0 Å². The number of aryl methyl sites for hydroxylation is 1. The molecule has 0 aliphatic heterocycles. The summed E-state index contributed by atoms with van der Waals surface area (Å²) in [5, 5.41) is 0. The lowest BCUT2D eigenvalue weighted by molar-refractivity contribution is 0.214. The fraction of sp³-hybridized carbons (Fsp3) is 0.333. The Morgan fingerprint density at radius 2 is 1.92 bits per heavy atom. The number of hydrogen-bond donors (Lipinski definition) is 0. The smallest absolute Gasteiger partial charge is 0.228 e. The number of ether oxygens (including phenoxy) is 1. The van der Waals surface area contributed by atoms with E-state index < -0.39 is 17.7 Å². The van der Waals surface area contributed by atoms with E-state index in [0.29, 0.717) is 27.3 Å².